The van der Waals surface area contributed by atoms with Gasteiger partial charge >= 0.3 is 0 Å². The first-order chi connectivity index (χ1) is 7.54. The van der Waals surface area contributed by atoms with Crippen LogP contribution in [0, 0.1) is 5.92 Å². The predicted octanol–water partition coefficient (Wildman–Crippen LogP) is 3.10. The molecule has 4 heteroatoms. The van der Waals surface area contributed by atoms with Crippen LogP contribution in [0.15, 0.2) is 18.2 Å². The Morgan fingerprint density at radius 2 is 2.00 bits per heavy atom. The number of halogens is 2. The summed E-state index contributed by atoms with van der Waals surface area (Å²) in [4.78, 5) is 0. The standard InChI is InChI=1S/C12H17Cl2NO/c1-8(2)12(7-16)15-6-9-5-10(13)3-4-11(9)14/h3-5,8,12,15-16H,6-7H2,1-2H3/t12-/m1/s1. The van der Waals surface area contributed by atoms with Crippen LogP contribution in [0.4, 0.5) is 0 Å². The van der Waals surface area contributed by atoms with Crippen molar-refractivity contribution in [3.05, 3.63) is 33.8 Å². The van der Waals surface area contributed by atoms with Crippen molar-refractivity contribution < 1.29 is 5.11 Å². The number of benzene rings is 1. The Balaban J connectivity index is 2.63. The van der Waals surface area contributed by atoms with E-state index in [-0.39, 0.29) is 12.6 Å². The highest BCUT2D eigenvalue weighted by molar-refractivity contribution is 6.33. The van der Waals surface area contributed by atoms with Crippen molar-refractivity contribution in [2.24, 2.45) is 5.92 Å². The first-order valence-corrected chi connectivity index (χ1v) is 6.08. The molecule has 1 atom stereocenters. The molecule has 1 rings (SSSR count). The van der Waals surface area contributed by atoms with Gasteiger partial charge in [0, 0.05) is 22.6 Å². The highest BCUT2D eigenvalue weighted by Crippen LogP contribution is 2.20. The first-order valence-electron chi connectivity index (χ1n) is 5.32. The third kappa shape index (κ3) is 3.95. The fourth-order valence-electron chi connectivity index (χ4n) is 1.43. The average molecular weight is 262 g/mol. The first kappa shape index (κ1) is 13.8. The molecule has 0 saturated heterocycles. The van der Waals surface area contributed by atoms with Crippen LogP contribution in [0.25, 0.3) is 0 Å². The number of hydrogen-bond acceptors (Lipinski definition) is 2. The Hall–Kier alpha value is -0.280. The maximum absolute atomic E-state index is 9.18. The summed E-state index contributed by atoms with van der Waals surface area (Å²) in [7, 11) is 0. The van der Waals surface area contributed by atoms with Gasteiger partial charge in [-0.25, -0.2) is 0 Å². The Morgan fingerprint density at radius 3 is 2.56 bits per heavy atom. The number of aliphatic hydroxyl groups excluding tert-OH is 1. The third-order valence-corrected chi connectivity index (χ3v) is 3.17. The van der Waals surface area contributed by atoms with Crippen molar-refractivity contribution in [3.8, 4) is 0 Å². The monoisotopic (exact) mass is 261 g/mol. The summed E-state index contributed by atoms with van der Waals surface area (Å²) in [6, 6.07) is 5.46. The van der Waals surface area contributed by atoms with Gasteiger partial charge in [0.15, 0.2) is 0 Å². The molecule has 0 radical (unpaired) electrons. The molecule has 0 aromatic heterocycles. The quantitative estimate of drug-likeness (QED) is 0.854. The van der Waals surface area contributed by atoms with Gasteiger partial charge in [0.05, 0.1) is 6.61 Å². The van der Waals surface area contributed by atoms with E-state index in [0.29, 0.717) is 22.5 Å². The van der Waals surface area contributed by atoms with Crippen molar-refractivity contribution in [1.82, 2.24) is 5.32 Å². The van der Waals surface area contributed by atoms with Gasteiger partial charge < -0.3 is 10.4 Å². The normalized spacial score (nSPS) is 13.1. The number of hydrogen-bond donors (Lipinski definition) is 2. The van der Waals surface area contributed by atoms with Gasteiger partial charge in [0.25, 0.3) is 0 Å². The van der Waals surface area contributed by atoms with Crippen LogP contribution in [0.3, 0.4) is 0 Å². The molecule has 0 fully saturated rings. The summed E-state index contributed by atoms with van der Waals surface area (Å²) in [5, 5.41) is 13.8. The van der Waals surface area contributed by atoms with Crippen molar-refractivity contribution >= 4 is 23.2 Å². The maximum atomic E-state index is 9.18. The molecule has 1 aromatic rings. The van der Waals surface area contributed by atoms with Gasteiger partial charge in [-0.1, -0.05) is 37.0 Å². The highest BCUT2D eigenvalue weighted by Gasteiger charge is 2.11. The van der Waals surface area contributed by atoms with E-state index >= 15 is 0 Å². The lowest BCUT2D eigenvalue weighted by Crippen LogP contribution is -2.36. The van der Waals surface area contributed by atoms with Crippen LogP contribution >= 0.6 is 23.2 Å². The summed E-state index contributed by atoms with van der Waals surface area (Å²) < 4.78 is 0. The molecule has 16 heavy (non-hydrogen) atoms. The van der Waals surface area contributed by atoms with E-state index in [2.05, 4.69) is 19.2 Å². The van der Waals surface area contributed by atoms with E-state index in [9.17, 15) is 5.11 Å². The lowest BCUT2D eigenvalue weighted by atomic mass is 10.1. The van der Waals surface area contributed by atoms with E-state index in [1.807, 2.05) is 6.07 Å². The maximum Gasteiger partial charge on any atom is 0.0587 e. The van der Waals surface area contributed by atoms with Gasteiger partial charge in [-0.3, -0.25) is 0 Å². The largest absolute Gasteiger partial charge is 0.395 e. The van der Waals surface area contributed by atoms with Crippen LogP contribution < -0.4 is 5.32 Å². The lowest BCUT2D eigenvalue weighted by molar-refractivity contribution is 0.210. The van der Waals surface area contributed by atoms with Crippen LogP contribution in [0.5, 0.6) is 0 Å². The second-order valence-electron chi connectivity index (χ2n) is 4.15. The Bertz CT molecular complexity index is 342. The molecular weight excluding hydrogens is 245 g/mol. The average Bonchev–Trinajstić information content (AvgIpc) is 2.23. The van der Waals surface area contributed by atoms with E-state index < -0.39 is 0 Å². The highest BCUT2D eigenvalue weighted by atomic mass is 35.5. The molecular formula is C12H17Cl2NO. The molecule has 0 aliphatic carbocycles. The summed E-state index contributed by atoms with van der Waals surface area (Å²) in [6.07, 6.45) is 0. The van der Waals surface area contributed by atoms with E-state index in [1.54, 1.807) is 12.1 Å². The molecule has 0 saturated carbocycles. The van der Waals surface area contributed by atoms with Crippen LogP contribution in [0.1, 0.15) is 19.4 Å². The Morgan fingerprint density at radius 1 is 1.31 bits per heavy atom. The van der Waals surface area contributed by atoms with Gasteiger partial charge in [0.1, 0.15) is 0 Å². The molecule has 0 aliphatic rings. The Labute approximate surface area is 107 Å². The molecule has 90 valence electrons. The van der Waals surface area contributed by atoms with Crippen LogP contribution in [0.2, 0.25) is 10.0 Å². The van der Waals surface area contributed by atoms with Gasteiger partial charge in [-0.05, 0) is 29.7 Å². The van der Waals surface area contributed by atoms with Crippen molar-refractivity contribution in [2.45, 2.75) is 26.4 Å². The van der Waals surface area contributed by atoms with Crippen molar-refractivity contribution in [3.63, 3.8) is 0 Å². The summed E-state index contributed by atoms with van der Waals surface area (Å²) >= 11 is 11.9. The van der Waals surface area contributed by atoms with Gasteiger partial charge in [0.2, 0.25) is 0 Å². The molecule has 0 unspecified atom stereocenters. The molecule has 0 amide bonds. The SMILES string of the molecule is CC(C)[C@@H](CO)NCc1cc(Cl)ccc1Cl. The van der Waals surface area contributed by atoms with Crippen molar-refractivity contribution in [1.29, 1.82) is 0 Å². The second-order valence-corrected chi connectivity index (χ2v) is 4.99. The van der Waals surface area contributed by atoms with E-state index in [0.717, 1.165) is 5.56 Å². The van der Waals surface area contributed by atoms with Crippen LogP contribution in [-0.4, -0.2) is 17.8 Å². The number of rotatable bonds is 5. The topological polar surface area (TPSA) is 32.3 Å². The van der Waals surface area contributed by atoms with Gasteiger partial charge in [-0.2, -0.15) is 0 Å². The predicted molar refractivity (Wildman–Crippen MR) is 69.0 cm³/mol. The fraction of sp³-hybridized carbons (Fsp3) is 0.500. The minimum absolute atomic E-state index is 0.0787. The van der Waals surface area contributed by atoms with E-state index in [1.165, 1.54) is 0 Å². The second kappa shape index (κ2) is 6.45. The molecule has 2 N–H and O–H groups in total. The smallest absolute Gasteiger partial charge is 0.0587 e. The minimum Gasteiger partial charge on any atom is -0.395 e. The zero-order valence-corrected chi connectivity index (χ0v) is 11.0. The lowest BCUT2D eigenvalue weighted by Gasteiger charge is -2.20. The Kier molecular flexibility index (Phi) is 5.56. The van der Waals surface area contributed by atoms with Gasteiger partial charge in [-0.15, -0.1) is 0 Å². The summed E-state index contributed by atoms with van der Waals surface area (Å²) in [5.74, 6) is 0.378. The van der Waals surface area contributed by atoms with Crippen LogP contribution in [-0.2, 0) is 6.54 Å². The molecule has 0 aliphatic heterocycles. The fourth-order valence-corrected chi connectivity index (χ4v) is 1.81. The number of nitrogens with one attached hydrogen (secondary N) is 1. The van der Waals surface area contributed by atoms with E-state index in [4.69, 9.17) is 23.2 Å². The van der Waals surface area contributed by atoms with Crippen molar-refractivity contribution in [2.75, 3.05) is 6.61 Å². The third-order valence-electron chi connectivity index (χ3n) is 2.56. The molecule has 1 aromatic carbocycles. The molecule has 0 heterocycles. The number of aliphatic hydroxyl groups is 1. The summed E-state index contributed by atoms with van der Waals surface area (Å²) in [5.41, 5.74) is 0.952. The molecule has 2 nitrogen and oxygen atoms in total. The minimum atomic E-state index is 0.0787. The summed E-state index contributed by atoms with van der Waals surface area (Å²) in [6.45, 7) is 4.86. The zero-order valence-electron chi connectivity index (χ0n) is 9.50. The zero-order chi connectivity index (χ0) is 12.1. The molecule has 0 spiro atoms. The molecule has 0 bridgehead atoms.